The molecule has 76 valence electrons. The van der Waals surface area contributed by atoms with Crippen molar-refractivity contribution in [3.63, 3.8) is 0 Å². The zero-order valence-corrected chi connectivity index (χ0v) is 6.63. The third-order valence-electron chi connectivity index (χ3n) is 0.970. The topological polar surface area (TPSA) is 97.8 Å². The van der Waals surface area contributed by atoms with Gasteiger partial charge in [-0.25, -0.2) is 0 Å². The molecule has 0 fully saturated rings. The van der Waals surface area contributed by atoms with Crippen LogP contribution in [0.5, 0.6) is 0 Å². The molecule has 0 aromatic heterocycles. The van der Waals surface area contributed by atoms with E-state index in [4.69, 9.17) is 16.6 Å². The Morgan fingerprint density at radius 2 is 1.85 bits per heavy atom. The summed E-state index contributed by atoms with van der Waals surface area (Å²) >= 11 is 0. The lowest BCUT2D eigenvalue weighted by atomic mass is 10.4. The molecule has 0 saturated heterocycles. The first kappa shape index (κ1) is 11.5. The summed E-state index contributed by atoms with van der Waals surface area (Å²) < 4.78 is 34.7. The number of rotatable bonds is 2. The molecule has 0 amide bonds. The minimum absolute atomic E-state index is 0.414. The number of halogens is 3. The summed E-state index contributed by atoms with van der Waals surface area (Å²) in [4.78, 5) is 0. The van der Waals surface area contributed by atoms with E-state index >= 15 is 0 Å². The van der Waals surface area contributed by atoms with Crippen LogP contribution in [-0.2, 0) is 0 Å². The van der Waals surface area contributed by atoms with Crippen LogP contribution >= 0.6 is 0 Å². The predicted molar refractivity (Wildman–Crippen MR) is 41.5 cm³/mol. The second-order valence-corrected chi connectivity index (χ2v) is 2.21. The van der Waals surface area contributed by atoms with Gasteiger partial charge in [-0.3, -0.25) is 16.1 Å². The van der Waals surface area contributed by atoms with Crippen LogP contribution in [0.15, 0.2) is 0 Å². The van der Waals surface area contributed by atoms with E-state index in [9.17, 15) is 13.2 Å². The van der Waals surface area contributed by atoms with Crippen LogP contribution in [-0.4, -0.2) is 24.6 Å². The van der Waals surface area contributed by atoms with E-state index in [1.165, 1.54) is 0 Å². The molecule has 0 heterocycles. The van der Waals surface area contributed by atoms with Crippen LogP contribution in [0.25, 0.3) is 0 Å². The maximum absolute atomic E-state index is 11.6. The van der Waals surface area contributed by atoms with Gasteiger partial charge in [-0.15, -0.1) is 0 Å². The molecule has 0 radical (unpaired) electrons. The molecule has 0 unspecified atom stereocenters. The fourth-order valence-corrected chi connectivity index (χ4v) is 0.508. The van der Waals surface area contributed by atoms with E-state index in [0.29, 0.717) is 0 Å². The van der Waals surface area contributed by atoms with Crippen molar-refractivity contribution in [2.45, 2.75) is 12.6 Å². The standard InChI is InChI=1S/C5H10F3N5/c6-5(7,8)1-2-12-4(11)13-3(9)10/h1-2H2,(H6,9,10,11,12,13). The van der Waals surface area contributed by atoms with E-state index in [0.717, 1.165) is 0 Å². The van der Waals surface area contributed by atoms with Crippen LogP contribution in [0.1, 0.15) is 6.42 Å². The summed E-state index contributed by atoms with van der Waals surface area (Å²) in [6.45, 7) is -0.414. The van der Waals surface area contributed by atoms with E-state index in [1.54, 1.807) is 0 Å². The van der Waals surface area contributed by atoms with Gasteiger partial charge < -0.3 is 11.1 Å². The quantitative estimate of drug-likeness (QED) is 0.317. The number of guanidine groups is 2. The average molecular weight is 197 g/mol. The second-order valence-electron chi connectivity index (χ2n) is 2.21. The van der Waals surface area contributed by atoms with Crippen molar-refractivity contribution >= 4 is 11.9 Å². The molecule has 0 rings (SSSR count). The summed E-state index contributed by atoms with van der Waals surface area (Å²) in [7, 11) is 0. The lowest BCUT2D eigenvalue weighted by molar-refractivity contribution is -0.132. The van der Waals surface area contributed by atoms with Gasteiger partial charge in [0.2, 0.25) is 0 Å². The first-order chi connectivity index (χ1) is 5.81. The van der Waals surface area contributed by atoms with Crippen LogP contribution in [0, 0.1) is 10.8 Å². The molecule has 0 spiro atoms. The highest BCUT2D eigenvalue weighted by molar-refractivity contribution is 5.94. The van der Waals surface area contributed by atoms with Crippen molar-refractivity contribution in [3.05, 3.63) is 0 Å². The van der Waals surface area contributed by atoms with Gasteiger partial charge >= 0.3 is 6.18 Å². The maximum atomic E-state index is 11.6. The van der Waals surface area contributed by atoms with Crippen LogP contribution in [0.4, 0.5) is 13.2 Å². The molecule has 8 heteroatoms. The highest BCUT2D eigenvalue weighted by atomic mass is 19.4. The Hall–Kier alpha value is -1.47. The highest BCUT2D eigenvalue weighted by Gasteiger charge is 2.26. The zero-order chi connectivity index (χ0) is 10.5. The van der Waals surface area contributed by atoms with Crippen LogP contribution < -0.4 is 16.4 Å². The summed E-state index contributed by atoms with van der Waals surface area (Å²) in [6, 6.07) is 0. The fraction of sp³-hybridized carbons (Fsp3) is 0.600. The Morgan fingerprint density at radius 1 is 1.31 bits per heavy atom. The summed E-state index contributed by atoms with van der Waals surface area (Å²) in [5.74, 6) is -0.916. The average Bonchev–Trinajstić information content (AvgIpc) is 1.81. The first-order valence-corrected chi connectivity index (χ1v) is 3.31. The van der Waals surface area contributed by atoms with Gasteiger partial charge in [0.05, 0.1) is 6.42 Å². The van der Waals surface area contributed by atoms with Gasteiger partial charge in [-0.2, -0.15) is 13.2 Å². The van der Waals surface area contributed by atoms with Crippen molar-refractivity contribution in [1.82, 2.24) is 10.6 Å². The number of nitrogens with one attached hydrogen (secondary N) is 4. The third kappa shape index (κ3) is 8.44. The number of alkyl halides is 3. The first-order valence-electron chi connectivity index (χ1n) is 3.31. The lowest BCUT2D eigenvalue weighted by Crippen LogP contribution is -2.44. The molecule has 0 atom stereocenters. The molecule has 6 N–H and O–H groups in total. The van der Waals surface area contributed by atoms with Crippen molar-refractivity contribution in [3.8, 4) is 0 Å². The molecular formula is C5H10F3N5. The van der Waals surface area contributed by atoms with Gasteiger partial charge in [-0.1, -0.05) is 0 Å². The van der Waals surface area contributed by atoms with Crippen molar-refractivity contribution in [2.24, 2.45) is 5.73 Å². The van der Waals surface area contributed by atoms with Crippen molar-refractivity contribution < 1.29 is 13.2 Å². The molecule has 0 aromatic carbocycles. The molecule has 0 aliphatic heterocycles. The molecule has 0 aromatic rings. The minimum atomic E-state index is -4.25. The van der Waals surface area contributed by atoms with Gasteiger partial charge in [-0.05, 0) is 0 Å². The molecule has 0 bridgehead atoms. The number of nitrogens with two attached hydrogens (primary N) is 1. The minimum Gasteiger partial charge on any atom is -0.370 e. The Bertz CT molecular complexity index is 199. The summed E-state index contributed by atoms with van der Waals surface area (Å²) in [6.07, 6.45) is -5.28. The summed E-state index contributed by atoms with van der Waals surface area (Å²) in [5, 5.41) is 17.7. The van der Waals surface area contributed by atoms with Gasteiger partial charge in [0.25, 0.3) is 0 Å². The SMILES string of the molecule is N=C(N)NC(=N)NCCC(F)(F)F. The Balaban J connectivity index is 3.54. The Morgan fingerprint density at radius 3 is 2.23 bits per heavy atom. The highest BCUT2D eigenvalue weighted by Crippen LogP contribution is 2.17. The lowest BCUT2D eigenvalue weighted by Gasteiger charge is -2.09. The third-order valence-corrected chi connectivity index (χ3v) is 0.970. The van der Waals surface area contributed by atoms with E-state index < -0.39 is 31.1 Å². The maximum Gasteiger partial charge on any atom is 0.390 e. The van der Waals surface area contributed by atoms with E-state index in [-0.39, 0.29) is 0 Å². The van der Waals surface area contributed by atoms with E-state index in [2.05, 4.69) is 5.32 Å². The number of hydrogen-bond donors (Lipinski definition) is 5. The van der Waals surface area contributed by atoms with Gasteiger partial charge in [0.1, 0.15) is 0 Å². The molecule has 0 saturated carbocycles. The molecule has 5 nitrogen and oxygen atoms in total. The normalized spacial score (nSPS) is 10.7. The van der Waals surface area contributed by atoms with Crippen molar-refractivity contribution in [2.75, 3.05) is 6.54 Å². The van der Waals surface area contributed by atoms with E-state index in [1.807, 2.05) is 5.32 Å². The second kappa shape index (κ2) is 4.53. The molecule has 0 aliphatic rings. The van der Waals surface area contributed by atoms with Gasteiger partial charge in [0.15, 0.2) is 11.9 Å². The monoisotopic (exact) mass is 197 g/mol. The molecule has 13 heavy (non-hydrogen) atoms. The number of hydrogen-bond acceptors (Lipinski definition) is 2. The van der Waals surface area contributed by atoms with Crippen LogP contribution in [0.3, 0.4) is 0 Å². The molecule has 0 aliphatic carbocycles. The Labute approximate surface area is 72.5 Å². The van der Waals surface area contributed by atoms with Crippen molar-refractivity contribution in [1.29, 1.82) is 10.8 Å². The predicted octanol–water partition coefficient (Wildman–Crippen LogP) is -0.0538. The molecular weight excluding hydrogens is 187 g/mol. The van der Waals surface area contributed by atoms with Crippen LogP contribution in [0.2, 0.25) is 0 Å². The summed E-state index contributed by atoms with van der Waals surface area (Å²) in [5.41, 5.74) is 4.82. The fourth-order valence-electron chi connectivity index (χ4n) is 0.508. The Kier molecular flexibility index (Phi) is 4.02. The van der Waals surface area contributed by atoms with Gasteiger partial charge in [0, 0.05) is 6.54 Å². The largest absolute Gasteiger partial charge is 0.390 e. The smallest absolute Gasteiger partial charge is 0.370 e. The zero-order valence-electron chi connectivity index (χ0n) is 6.63.